The van der Waals surface area contributed by atoms with Crippen molar-refractivity contribution in [2.45, 2.75) is 6.42 Å². The van der Waals surface area contributed by atoms with E-state index >= 15 is 0 Å². The SMILES string of the molecule is COC(=O)c1ccc(Cc2ccc3c(c2O)C(=O)c2c(OC)cccc2C3=O)cc1. The highest BCUT2D eigenvalue weighted by atomic mass is 16.5. The molecule has 0 heterocycles. The summed E-state index contributed by atoms with van der Waals surface area (Å²) < 4.78 is 9.95. The lowest BCUT2D eigenvalue weighted by Crippen LogP contribution is -2.22. The average Bonchev–Trinajstić information content (AvgIpc) is 2.78. The fraction of sp³-hybridized carbons (Fsp3) is 0.125. The van der Waals surface area contributed by atoms with E-state index < -0.39 is 11.8 Å². The molecule has 1 N–H and O–H groups in total. The van der Waals surface area contributed by atoms with E-state index in [0.717, 1.165) is 5.56 Å². The first-order valence-electron chi connectivity index (χ1n) is 9.24. The highest BCUT2D eigenvalue weighted by Crippen LogP contribution is 2.38. The molecule has 0 bridgehead atoms. The van der Waals surface area contributed by atoms with Gasteiger partial charge in [0.15, 0.2) is 5.78 Å². The van der Waals surface area contributed by atoms with Crippen molar-refractivity contribution in [3.05, 3.63) is 93.5 Å². The van der Waals surface area contributed by atoms with Crippen LogP contribution in [0.1, 0.15) is 53.3 Å². The van der Waals surface area contributed by atoms with Crippen molar-refractivity contribution in [3.63, 3.8) is 0 Å². The van der Waals surface area contributed by atoms with Crippen LogP contribution in [-0.2, 0) is 11.2 Å². The van der Waals surface area contributed by atoms with E-state index in [2.05, 4.69) is 4.74 Å². The summed E-state index contributed by atoms with van der Waals surface area (Å²) in [6, 6.07) is 14.8. The quantitative estimate of drug-likeness (QED) is 0.525. The average molecular weight is 402 g/mol. The van der Waals surface area contributed by atoms with Crippen LogP contribution in [0.25, 0.3) is 0 Å². The van der Waals surface area contributed by atoms with Gasteiger partial charge in [-0.25, -0.2) is 4.79 Å². The first kappa shape index (κ1) is 19.4. The second-order valence-corrected chi connectivity index (χ2v) is 6.90. The molecule has 6 heteroatoms. The van der Waals surface area contributed by atoms with Gasteiger partial charge < -0.3 is 14.6 Å². The third-order valence-corrected chi connectivity index (χ3v) is 5.22. The molecule has 3 aromatic carbocycles. The molecule has 150 valence electrons. The van der Waals surface area contributed by atoms with Crippen LogP contribution in [0.15, 0.2) is 54.6 Å². The van der Waals surface area contributed by atoms with Crippen LogP contribution in [0, 0.1) is 0 Å². The van der Waals surface area contributed by atoms with Crippen molar-refractivity contribution >= 4 is 17.5 Å². The normalized spacial score (nSPS) is 12.2. The van der Waals surface area contributed by atoms with Crippen LogP contribution < -0.4 is 4.74 Å². The number of aromatic hydroxyl groups is 1. The number of methoxy groups -OCH3 is 2. The number of carbonyl (C=O) groups is 3. The Balaban J connectivity index is 1.74. The number of fused-ring (bicyclic) bond motifs is 2. The molecule has 0 fully saturated rings. The summed E-state index contributed by atoms with van der Waals surface area (Å²) in [5, 5.41) is 10.9. The second kappa shape index (κ2) is 7.48. The maximum Gasteiger partial charge on any atom is 0.337 e. The number of carbonyl (C=O) groups excluding carboxylic acids is 3. The zero-order valence-corrected chi connectivity index (χ0v) is 16.4. The van der Waals surface area contributed by atoms with Crippen molar-refractivity contribution in [1.82, 2.24) is 0 Å². The smallest absolute Gasteiger partial charge is 0.337 e. The number of rotatable bonds is 4. The summed E-state index contributed by atoms with van der Waals surface area (Å²) >= 11 is 0. The highest BCUT2D eigenvalue weighted by molar-refractivity contribution is 6.30. The number of benzene rings is 3. The Morgan fingerprint density at radius 2 is 1.57 bits per heavy atom. The summed E-state index contributed by atoms with van der Waals surface area (Å²) in [6.07, 6.45) is 0.320. The van der Waals surface area contributed by atoms with E-state index in [1.54, 1.807) is 54.6 Å². The number of ketones is 2. The highest BCUT2D eigenvalue weighted by Gasteiger charge is 2.35. The largest absolute Gasteiger partial charge is 0.507 e. The molecule has 0 aliphatic heterocycles. The molecule has 0 saturated carbocycles. The lowest BCUT2D eigenvalue weighted by atomic mass is 9.81. The summed E-state index contributed by atoms with van der Waals surface area (Å²) in [5.41, 5.74) is 2.32. The third kappa shape index (κ3) is 3.03. The molecular weight excluding hydrogens is 384 g/mol. The van der Waals surface area contributed by atoms with Crippen LogP contribution in [0.2, 0.25) is 0 Å². The minimum Gasteiger partial charge on any atom is -0.507 e. The maximum atomic E-state index is 13.2. The number of hydrogen-bond donors (Lipinski definition) is 1. The summed E-state index contributed by atoms with van der Waals surface area (Å²) in [6.45, 7) is 0. The number of hydrogen-bond acceptors (Lipinski definition) is 6. The van der Waals surface area contributed by atoms with E-state index in [0.29, 0.717) is 23.3 Å². The van der Waals surface area contributed by atoms with Crippen LogP contribution in [0.4, 0.5) is 0 Å². The predicted octanol–water partition coefficient (Wildman–Crippen LogP) is 3.55. The monoisotopic (exact) mass is 402 g/mol. The zero-order chi connectivity index (χ0) is 21.4. The molecule has 0 radical (unpaired) electrons. The molecule has 0 atom stereocenters. The standard InChI is InChI=1S/C24H18O6/c1-29-18-5-3-4-16-19(18)23(27)20-17(22(16)26)11-10-15(21(20)25)12-13-6-8-14(9-7-13)24(28)30-2/h3-11,25H,12H2,1-2H3. The molecule has 6 nitrogen and oxygen atoms in total. The first-order chi connectivity index (χ1) is 14.5. The van der Waals surface area contributed by atoms with E-state index in [1.807, 2.05) is 0 Å². The predicted molar refractivity (Wildman–Crippen MR) is 109 cm³/mol. The Labute approximate surface area is 172 Å². The van der Waals surface area contributed by atoms with E-state index in [4.69, 9.17) is 4.74 Å². The molecule has 0 unspecified atom stereocenters. The van der Waals surface area contributed by atoms with Gasteiger partial charge in [0.1, 0.15) is 11.5 Å². The van der Waals surface area contributed by atoms with E-state index in [-0.39, 0.29) is 33.8 Å². The Morgan fingerprint density at radius 3 is 2.23 bits per heavy atom. The lowest BCUT2D eigenvalue weighted by Gasteiger charge is -2.21. The Kier molecular flexibility index (Phi) is 4.83. The Hall–Kier alpha value is -3.93. The molecule has 30 heavy (non-hydrogen) atoms. The van der Waals surface area contributed by atoms with Gasteiger partial charge in [0.05, 0.1) is 30.9 Å². The van der Waals surface area contributed by atoms with Crippen LogP contribution in [0.5, 0.6) is 11.5 Å². The van der Waals surface area contributed by atoms with Crippen molar-refractivity contribution in [3.8, 4) is 11.5 Å². The van der Waals surface area contributed by atoms with Crippen LogP contribution in [0.3, 0.4) is 0 Å². The molecule has 0 amide bonds. The van der Waals surface area contributed by atoms with E-state index in [1.165, 1.54) is 14.2 Å². The van der Waals surface area contributed by atoms with Crippen molar-refractivity contribution in [1.29, 1.82) is 0 Å². The van der Waals surface area contributed by atoms with E-state index in [9.17, 15) is 19.5 Å². The van der Waals surface area contributed by atoms with Gasteiger partial charge in [0.25, 0.3) is 0 Å². The van der Waals surface area contributed by atoms with Gasteiger partial charge in [-0.2, -0.15) is 0 Å². The van der Waals surface area contributed by atoms with Gasteiger partial charge in [-0.3, -0.25) is 9.59 Å². The number of esters is 1. The molecule has 1 aliphatic carbocycles. The first-order valence-corrected chi connectivity index (χ1v) is 9.24. The fourth-order valence-corrected chi connectivity index (χ4v) is 3.69. The number of phenols is 1. The second-order valence-electron chi connectivity index (χ2n) is 6.90. The topological polar surface area (TPSA) is 89.9 Å². The van der Waals surface area contributed by atoms with Crippen molar-refractivity contribution in [2.75, 3.05) is 14.2 Å². The minimum atomic E-state index is -0.447. The van der Waals surface area contributed by atoms with Crippen molar-refractivity contribution < 1.29 is 29.0 Å². The van der Waals surface area contributed by atoms with Gasteiger partial charge in [-0.15, -0.1) is 0 Å². The summed E-state index contributed by atoms with van der Waals surface area (Å²) in [7, 11) is 2.74. The Bertz CT molecular complexity index is 1190. The minimum absolute atomic E-state index is 0.0133. The molecule has 0 saturated heterocycles. The van der Waals surface area contributed by atoms with Gasteiger partial charge >= 0.3 is 5.97 Å². The van der Waals surface area contributed by atoms with Gasteiger partial charge in [0, 0.05) is 17.5 Å². The van der Waals surface area contributed by atoms with Crippen LogP contribution >= 0.6 is 0 Å². The summed E-state index contributed by atoms with van der Waals surface area (Å²) in [4.78, 5) is 37.7. The molecule has 4 rings (SSSR count). The maximum absolute atomic E-state index is 13.2. The molecule has 0 aromatic heterocycles. The molecular formula is C24H18O6. The van der Waals surface area contributed by atoms with Gasteiger partial charge in [-0.05, 0) is 35.4 Å². The van der Waals surface area contributed by atoms with Gasteiger partial charge in [0.2, 0.25) is 5.78 Å². The Morgan fingerprint density at radius 1 is 0.867 bits per heavy atom. The van der Waals surface area contributed by atoms with Crippen LogP contribution in [-0.4, -0.2) is 36.9 Å². The number of ether oxygens (including phenoxy) is 2. The summed E-state index contributed by atoms with van der Waals surface area (Å²) in [5.74, 6) is -1.14. The fourth-order valence-electron chi connectivity index (χ4n) is 3.69. The van der Waals surface area contributed by atoms with Gasteiger partial charge in [-0.1, -0.05) is 30.3 Å². The zero-order valence-electron chi connectivity index (χ0n) is 16.4. The van der Waals surface area contributed by atoms with Crippen molar-refractivity contribution in [2.24, 2.45) is 0 Å². The lowest BCUT2D eigenvalue weighted by molar-refractivity contribution is 0.0600. The number of phenolic OH excluding ortho intramolecular Hbond substituents is 1. The third-order valence-electron chi connectivity index (χ3n) is 5.22. The molecule has 3 aromatic rings. The molecule has 1 aliphatic rings. The molecule has 0 spiro atoms.